The van der Waals surface area contributed by atoms with Crippen molar-refractivity contribution in [2.45, 2.75) is 31.7 Å². The van der Waals surface area contributed by atoms with Crippen LogP contribution in [-0.4, -0.2) is 42.4 Å². The molecule has 5 heteroatoms. The number of carbonyl (C=O) groups excluding carboxylic acids is 1. The quantitative estimate of drug-likeness (QED) is 0.707. The van der Waals surface area contributed by atoms with Crippen LogP contribution >= 0.6 is 0 Å². The summed E-state index contributed by atoms with van der Waals surface area (Å²) in [5, 5.41) is 2.68. The molecule has 0 aromatic carbocycles. The summed E-state index contributed by atoms with van der Waals surface area (Å²) in [6.07, 6.45) is 1.13. The maximum absolute atomic E-state index is 13.5. The van der Waals surface area contributed by atoms with Gasteiger partial charge in [-0.3, -0.25) is 9.69 Å². The number of rotatable bonds is 1. The molecule has 1 N–H and O–H groups in total. The van der Waals surface area contributed by atoms with Crippen LogP contribution in [0.25, 0.3) is 0 Å². The Balaban J connectivity index is 2.03. The Morgan fingerprint density at radius 3 is 2.73 bits per heavy atom. The average molecular weight is 218 g/mol. The zero-order chi connectivity index (χ0) is 11.1. The first-order valence-electron chi connectivity index (χ1n) is 5.40. The minimum atomic E-state index is -2.65. The lowest BCUT2D eigenvalue weighted by atomic mass is 9.93. The molecule has 0 aromatic rings. The van der Waals surface area contributed by atoms with Crippen LogP contribution in [0, 0.1) is 5.92 Å². The third-order valence-electron chi connectivity index (χ3n) is 3.44. The standard InChI is InChI=1S/C10H16F2N2O/c1-7-3-5-14(6-10(7,11)12)8-2-4-13-9(8)15/h7-8H,2-6H2,1H3,(H,13,15). The van der Waals surface area contributed by atoms with Crippen molar-refractivity contribution in [2.24, 2.45) is 5.92 Å². The van der Waals surface area contributed by atoms with Crippen LogP contribution in [0.5, 0.6) is 0 Å². The van der Waals surface area contributed by atoms with Crippen LogP contribution in [0.4, 0.5) is 8.78 Å². The number of piperidine rings is 1. The van der Waals surface area contributed by atoms with Crippen LogP contribution in [0.2, 0.25) is 0 Å². The number of nitrogens with one attached hydrogen (secondary N) is 1. The smallest absolute Gasteiger partial charge is 0.263 e. The van der Waals surface area contributed by atoms with Crippen LogP contribution in [0.15, 0.2) is 0 Å². The molecule has 3 nitrogen and oxygen atoms in total. The predicted octanol–water partition coefficient (Wildman–Crippen LogP) is 0.852. The second-order valence-electron chi connectivity index (χ2n) is 4.52. The topological polar surface area (TPSA) is 32.3 Å². The highest BCUT2D eigenvalue weighted by Gasteiger charge is 2.45. The van der Waals surface area contributed by atoms with Crippen molar-refractivity contribution in [3.05, 3.63) is 0 Å². The summed E-state index contributed by atoms with van der Waals surface area (Å²) in [5.74, 6) is -3.32. The van der Waals surface area contributed by atoms with Gasteiger partial charge in [-0.25, -0.2) is 8.78 Å². The Hall–Kier alpha value is -0.710. The van der Waals surface area contributed by atoms with E-state index in [2.05, 4.69) is 5.32 Å². The SMILES string of the molecule is CC1CCN(C2CCNC2=O)CC1(F)F. The number of hydrogen-bond acceptors (Lipinski definition) is 2. The van der Waals surface area contributed by atoms with Crippen LogP contribution in [-0.2, 0) is 4.79 Å². The number of halogens is 2. The Labute approximate surface area is 87.8 Å². The summed E-state index contributed by atoms with van der Waals surface area (Å²) in [6, 6.07) is -0.330. The molecule has 1 amide bonds. The molecule has 2 atom stereocenters. The van der Waals surface area contributed by atoms with Crippen molar-refractivity contribution < 1.29 is 13.6 Å². The van der Waals surface area contributed by atoms with Crippen LogP contribution in [0.1, 0.15) is 19.8 Å². The zero-order valence-electron chi connectivity index (χ0n) is 8.80. The maximum atomic E-state index is 13.5. The molecule has 0 saturated carbocycles. The van der Waals surface area contributed by atoms with Crippen molar-refractivity contribution in [3.8, 4) is 0 Å². The summed E-state index contributed by atoms with van der Waals surface area (Å²) in [5.41, 5.74) is 0. The number of nitrogens with zero attached hydrogens (tertiary/aromatic N) is 1. The molecular formula is C10H16F2N2O. The molecule has 0 aromatic heterocycles. The van der Waals surface area contributed by atoms with E-state index < -0.39 is 11.8 Å². The fraction of sp³-hybridized carbons (Fsp3) is 0.900. The number of carbonyl (C=O) groups is 1. The first-order valence-corrected chi connectivity index (χ1v) is 5.40. The van der Waals surface area contributed by atoms with E-state index in [1.807, 2.05) is 0 Å². The first kappa shape index (κ1) is 10.8. The molecule has 2 unspecified atom stereocenters. The third-order valence-corrected chi connectivity index (χ3v) is 3.44. The van der Waals surface area contributed by atoms with Crippen molar-refractivity contribution >= 4 is 5.91 Å². The van der Waals surface area contributed by atoms with Crippen molar-refractivity contribution in [2.75, 3.05) is 19.6 Å². The van der Waals surface area contributed by atoms with E-state index in [1.54, 1.807) is 11.8 Å². The summed E-state index contributed by atoms with van der Waals surface area (Å²) >= 11 is 0. The lowest BCUT2D eigenvalue weighted by Gasteiger charge is -2.38. The second kappa shape index (κ2) is 3.70. The normalized spacial score (nSPS) is 36.6. The molecule has 86 valence electrons. The van der Waals surface area contributed by atoms with E-state index in [0.717, 1.165) is 0 Å². The molecule has 0 spiro atoms. The van der Waals surface area contributed by atoms with Gasteiger partial charge < -0.3 is 5.32 Å². The van der Waals surface area contributed by atoms with E-state index in [4.69, 9.17) is 0 Å². The highest BCUT2D eigenvalue weighted by molar-refractivity contribution is 5.83. The molecule has 0 bridgehead atoms. The Morgan fingerprint density at radius 2 is 2.20 bits per heavy atom. The largest absolute Gasteiger partial charge is 0.355 e. The highest BCUT2D eigenvalue weighted by Crippen LogP contribution is 2.33. The Bertz CT molecular complexity index is 270. The van der Waals surface area contributed by atoms with Gasteiger partial charge in [0.2, 0.25) is 5.91 Å². The number of likely N-dealkylation sites (tertiary alicyclic amines) is 1. The van der Waals surface area contributed by atoms with E-state index >= 15 is 0 Å². The molecule has 2 saturated heterocycles. The average Bonchev–Trinajstić information content (AvgIpc) is 2.56. The zero-order valence-corrected chi connectivity index (χ0v) is 8.80. The molecule has 0 radical (unpaired) electrons. The number of alkyl halides is 2. The molecule has 2 heterocycles. The molecule has 2 aliphatic rings. The van der Waals surface area contributed by atoms with E-state index in [1.165, 1.54) is 0 Å². The fourth-order valence-electron chi connectivity index (χ4n) is 2.27. The summed E-state index contributed by atoms with van der Waals surface area (Å²) in [6.45, 7) is 2.52. The van der Waals surface area contributed by atoms with Gasteiger partial charge in [-0.1, -0.05) is 6.92 Å². The van der Waals surface area contributed by atoms with Gasteiger partial charge >= 0.3 is 0 Å². The van der Waals surface area contributed by atoms with Gasteiger partial charge in [0.1, 0.15) is 0 Å². The van der Waals surface area contributed by atoms with Crippen LogP contribution < -0.4 is 5.32 Å². The Kier molecular flexibility index (Phi) is 2.66. The number of hydrogen-bond donors (Lipinski definition) is 1. The van der Waals surface area contributed by atoms with Crippen molar-refractivity contribution in [3.63, 3.8) is 0 Å². The number of amides is 1. The summed E-state index contributed by atoms with van der Waals surface area (Å²) in [4.78, 5) is 13.0. The van der Waals surface area contributed by atoms with E-state index in [0.29, 0.717) is 25.9 Å². The minimum absolute atomic E-state index is 0.0969. The van der Waals surface area contributed by atoms with Crippen LogP contribution in [0.3, 0.4) is 0 Å². The lowest BCUT2D eigenvalue weighted by Crippen LogP contribution is -2.53. The highest BCUT2D eigenvalue weighted by atomic mass is 19.3. The van der Waals surface area contributed by atoms with Gasteiger partial charge in [-0.15, -0.1) is 0 Å². The van der Waals surface area contributed by atoms with E-state index in [-0.39, 0.29) is 18.5 Å². The monoisotopic (exact) mass is 218 g/mol. The fourth-order valence-corrected chi connectivity index (χ4v) is 2.27. The first-order chi connectivity index (χ1) is 7.00. The van der Waals surface area contributed by atoms with Crippen molar-refractivity contribution in [1.29, 1.82) is 0 Å². The maximum Gasteiger partial charge on any atom is 0.263 e. The summed E-state index contributed by atoms with van der Waals surface area (Å²) < 4.78 is 26.9. The molecular weight excluding hydrogens is 202 g/mol. The summed E-state index contributed by atoms with van der Waals surface area (Å²) in [7, 11) is 0. The Morgan fingerprint density at radius 1 is 1.47 bits per heavy atom. The van der Waals surface area contributed by atoms with Gasteiger partial charge in [0.15, 0.2) is 0 Å². The molecule has 2 rings (SSSR count). The lowest BCUT2D eigenvalue weighted by molar-refractivity contribution is -0.134. The molecule has 15 heavy (non-hydrogen) atoms. The van der Waals surface area contributed by atoms with E-state index in [9.17, 15) is 13.6 Å². The molecule has 0 aliphatic carbocycles. The van der Waals surface area contributed by atoms with Gasteiger partial charge in [0, 0.05) is 12.5 Å². The van der Waals surface area contributed by atoms with Crippen molar-refractivity contribution in [1.82, 2.24) is 10.2 Å². The third kappa shape index (κ3) is 1.97. The second-order valence-corrected chi connectivity index (χ2v) is 4.52. The van der Waals surface area contributed by atoms with Gasteiger partial charge in [0.05, 0.1) is 12.6 Å². The predicted molar refractivity (Wildman–Crippen MR) is 51.7 cm³/mol. The van der Waals surface area contributed by atoms with Gasteiger partial charge in [-0.05, 0) is 19.4 Å². The minimum Gasteiger partial charge on any atom is -0.355 e. The van der Waals surface area contributed by atoms with Gasteiger partial charge in [-0.2, -0.15) is 0 Å². The molecule has 2 fully saturated rings. The molecule has 2 aliphatic heterocycles. The van der Waals surface area contributed by atoms with Gasteiger partial charge in [0.25, 0.3) is 5.92 Å².